The first-order chi connectivity index (χ1) is 10.1. The molecule has 5 nitrogen and oxygen atoms in total. The Hall–Kier alpha value is -1.40. The maximum atomic E-state index is 5.84. The highest BCUT2D eigenvalue weighted by Gasteiger charge is 2.13. The Bertz CT molecular complexity index is 586. The maximum Gasteiger partial charge on any atom is 0.253 e. The highest BCUT2D eigenvalue weighted by Crippen LogP contribution is 2.29. The Kier molecular flexibility index (Phi) is 5.76. The Morgan fingerprint density at radius 1 is 1.38 bits per heavy atom. The Morgan fingerprint density at radius 2 is 2.19 bits per heavy atom. The van der Waals surface area contributed by atoms with E-state index < -0.39 is 0 Å². The number of rotatable bonds is 7. The van der Waals surface area contributed by atoms with Crippen molar-refractivity contribution in [1.29, 1.82) is 0 Å². The van der Waals surface area contributed by atoms with Gasteiger partial charge in [-0.25, -0.2) is 0 Å². The fourth-order valence-electron chi connectivity index (χ4n) is 2.00. The van der Waals surface area contributed by atoms with Crippen LogP contribution in [0.25, 0.3) is 0 Å². The SMILES string of the molecule is CCCNC(C)c1cc(Br)ccc1OCc1nnc(C)o1. The van der Waals surface area contributed by atoms with Gasteiger partial charge in [-0.1, -0.05) is 22.9 Å². The minimum atomic E-state index is 0.210. The van der Waals surface area contributed by atoms with E-state index in [2.05, 4.69) is 51.4 Å². The van der Waals surface area contributed by atoms with E-state index in [1.54, 1.807) is 6.92 Å². The highest BCUT2D eigenvalue weighted by molar-refractivity contribution is 9.10. The molecule has 0 aliphatic heterocycles. The van der Waals surface area contributed by atoms with Crippen LogP contribution in [0.3, 0.4) is 0 Å². The van der Waals surface area contributed by atoms with E-state index >= 15 is 0 Å². The van der Waals surface area contributed by atoms with E-state index in [9.17, 15) is 0 Å². The van der Waals surface area contributed by atoms with Gasteiger partial charge in [0.2, 0.25) is 5.89 Å². The molecule has 0 saturated carbocycles. The smallest absolute Gasteiger partial charge is 0.253 e. The molecule has 1 aromatic heterocycles. The van der Waals surface area contributed by atoms with Crippen molar-refractivity contribution >= 4 is 15.9 Å². The molecule has 0 radical (unpaired) electrons. The molecule has 0 aliphatic carbocycles. The molecular weight excluding hydrogens is 334 g/mol. The second-order valence-corrected chi connectivity index (χ2v) is 5.78. The minimum Gasteiger partial charge on any atom is -0.483 e. The lowest BCUT2D eigenvalue weighted by Gasteiger charge is -2.18. The molecule has 0 fully saturated rings. The van der Waals surface area contributed by atoms with Crippen molar-refractivity contribution in [2.24, 2.45) is 0 Å². The normalized spacial score (nSPS) is 12.4. The molecule has 1 aromatic carbocycles. The second-order valence-electron chi connectivity index (χ2n) is 4.86. The fraction of sp³-hybridized carbons (Fsp3) is 0.467. The molecule has 21 heavy (non-hydrogen) atoms. The summed E-state index contributed by atoms with van der Waals surface area (Å²) in [5.74, 6) is 1.85. The van der Waals surface area contributed by atoms with Crippen LogP contribution in [-0.4, -0.2) is 16.7 Å². The zero-order valence-corrected chi connectivity index (χ0v) is 14.1. The van der Waals surface area contributed by atoms with Gasteiger partial charge < -0.3 is 14.5 Å². The van der Waals surface area contributed by atoms with Gasteiger partial charge in [-0.05, 0) is 38.1 Å². The van der Waals surface area contributed by atoms with Gasteiger partial charge in [-0.15, -0.1) is 10.2 Å². The van der Waals surface area contributed by atoms with Gasteiger partial charge in [0.25, 0.3) is 5.89 Å². The number of halogens is 1. The van der Waals surface area contributed by atoms with E-state index in [0.717, 1.165) is 28.8 Å². The van der Waals surface area contributed by atoms with Crippen molar-refractivity contribution in [3.8, 4) is 5.75 Å². The zero-order chi connectivity index (χ0) is 15.2. The first-order valence-corrected chi connectivity index (χ1v) is 7.84. The summed E-state index contributed by atoms with van der Waals surface area (Å²) in [6.07, 6.45) is 1.09. The van der Waals surface area contributed by atoms with E-state index in [-0.39, 0.29) is 12.6 Å². The molecular formula is C15H20BrN3O2. The predicted molar refractivity (Wildman–Crippen MR) is 84.2 cm³/mol. The maximum absolute atomic E-state index is 5.84. The average Bonchev–Trinajstić information content (AvgIpc) is 2.89. The Balaban J connectivity index is 2.10. The number of aryl methyl sites for hydroxylation is 1. The first-order valence-electron chi connectivity index (χ1n) is 7.04. The standard InChI is InChI=1S/C15H20BrN3O2/c1-4-7-17-10(2)13-8-12(16)5-6-14(13)20-9-15-19-18-11(3)21-15/h5-6,8,10,17H,4,7,9H2,1-3H3. The predicted octanol–water partition coefficient (Wildman–Crippen LogP) is 3.78. The van der Waals surface area contributed by atoms with Crippen molar-refractivity contribution in [2.75, 3.05) is 6.54 Å². The number of aromatic nitrogens is 2. The monoisotopic (exact) mass is 353 g/mol. The molecule has 2 rings (SSSR count). The number of hydrogen-bond acceptors (Lipinski definition) is 5. The molecule has 2 aromatic rings. The molecule has 1 unspecified atom stereocenters. The fourth-order valence-corrected chi connectivity index (χ4v) is 2.37. The van der Waals surface area contributed by atoms with Gasteiger partial charge >= 0.3 is 0 Å². The molecule has 1 N–H and O–H groups in total. The number of nitrogens with one attached hydrogen (secondary N) is 1. The van der Waals surface area contributed by atoms with Gasteiger partial charge in [0.05, 0.1) is 0 Å². The Morgan fingerprint density at radius 3 is 2.86 bits per heavy atom. The van der Waals surface area contributed by atoms with E-state index in [0.29, 0.717) is 11.8 Å². The van der Waals surface area contributed by atoms with Crippen LogP contribution in [0.15, 0.2) is 27.1 Å². The van der Waals surface area contributed by atoms with Gasteiger partial charge in [0.15, 0.2) is 6.61 Å². The van der Waals surface area contributed by atoms with Crippen molar-refractivity contribution in [3.63, 3.8) is 0 Å². The highest BCUT2D eigenvalue weighted by atomic mass is 79.9. The summed E-state index contributed by atoms with van der Waals surface area (Å²) in [6, 6.07) is 6.20. The molecule has 0 aliphatic rings. The van der Waals surface area contributed by atoms with Crippen LogP contribution in [0.5, 0.6) is 5.75 Å². The first kappa shape index (κ1) is 16.0. The van der Waals surface area contributed by atoms with Crippen molar-refractivity contribution in [2.45, 2.75) is 39.8 Å². The third-order valence-electron chi connectivity index (χ3n) is 3.06. The van der Waals surface area contributed by atoms with Crippen molar-refractivity contribution in [1.82, 2.24) is 15.5 Å². The quantitative estimate of drug-likeness (QED) is 0.820. The lowest BCUT2D eigenvalue weighted by molar-refractivity contribution is 0.256. The molecule has 0 saturated heterocycles. The second kappa shape index (κ2) is 7.56. The number of ether oxygens (including phenoxy) is 1. The molecule has 114 valence electrons. The van der Waals surface area contributed by atoms with Crippen LogP contribution < -0.4 is 10.1 Å². The van der Waals surface area contributed by atoms with Crippen LogP contribution in [0.4, 0.5) is 0 Å². The topological polar surface area (TPSA) is 60.2 Å². The van der Waals surface area contributed by atoms with Gasteiger partial charge in [-0.2, -0.15) is 0 Å². The summed E-state index contributed by atoms with van der Waals surface area (Å²) in [7, 11) is 0. The van der Waals surface area contributed by atoms with Crippen LogP contribution in [0, 0.1) is 6.92 Å². The van der Waals surface area contributed by atoms with Crippen LogP contribution in [0.1, 0.15) is 43.7 Å². The molecule has 0 bridgehead atoms. The summed E-state index contributed by atoms with van der Waals surface area (Å²) < 4.78 is 12.2. The molecule has 0 amide bonds. The van der Waals surface area contributed by atoms with Crippen molar-refractivity contribution in [3.05, 3.63) is 40.0 Å². The summed E-state index contributed by atoms with van der Waals surface area (Å²) in [4.78, 5) is 0. The lowest BCUT2D eigenvalue weighted by atomic mass is 10.1. The zero-order valence-electron chi connectivity index (χ0n) is 12.5. The van der Waals surface area contributed by atoms with Crippen molar-refractivity contribution < 1.29 is 9.15 Å². The number of benzene rings is 1. The molecule has 1 heterocycles. The van der Waals surface area contributed by atoms with Gasteiger partial charge in [0, 0.05) is 23.0 Å². The summed E-state index contributed by atoms with van der Waals surface area (Å²) in [5.41, 5.74) is 1.11. The van der Waals surface area contributed by atoms with E-state index in [4.69, 9.17) is 9.15 Å². The average molecular weight is 354 g/mol. The summed E-state index contributed by atoms with van der Waals surface area (Å²) in [5, 5.41) is 11.2. The largest absolute Gasteiger partial charge is 0.483 e. The minimum absolute atomic E-state index is 0.210. The van der Waals surface area contributed by atoms with Crippen LogP contribution in [0.2, 0.25) is 0 Å². The number of hydrogen-bond donors (Lipinski definition) is 1. The molecule has 1 atom stereocenters. The van der Waals surface area contributed by atoms with Gasteiger partial charge in [0.1, 0.15) is 5.75 Å². The summed E-state index contributed by atoms with van der Waals surface area (Å²) >= 11 is 3.51. The van der Waals surface area contributed by atoms with E-state index in [1.165, 1.54) is 0 Å². The number of nitrogens with zero attached hydrogens (tertiary/aromatic N) is 2. The third-order valence-corrected chi connectivity index (χ3v) is 3.55. The summed E-state index contributed by atoms with van der Waals surface area (Å²) in [6.45, 7) is 7.28. The lowest BCUT2D eigenvalue weighted by Crippen LogP contribution is -2.20. The molecule has 0 spiro atoms. The van der Waals surface area contributed by atoms with Gasteiger partial charge in [-0.3, -0.25) is 0 Å². The Labute approximate surface area is 133 Å². The molecule has 6 heteroatoms. The third kappa shape index (κ3) is 4.54. The van der Waals surface area contributed by atoms with Crippen LogP contribution >= 0.6 is 15.9 Å². The van der Waals surface area contributed by atoms with E-state index in [1.807, 2.05) is 12.1 Å². The van der Waals surface area contributed by atoms with Crippen LogP contribution in [-0.2, 0) is 6.61 Å².